The third-order valence-electron chi connectivity index (χ3n) is 9.28. The summed E-state index contributed by atoms with van der Waals surface area (Å²) in [6.07, 6.45) is 11.7. The molecule has 1 heterocycles. The average molecular weight is 780 g/mol. The molecule has 0 saturated heterocycles. The Hall–Kier alpha value is -4.43. The molecule has 0 aliphatic carbocycles. The number of carbonyl (C=O) groups excluding carboxylic acids is 2. The fourth-order valence-corrected chi connectivity index (χ4v) is 6.22. The van der Waals surface area contributed by atoms with E-state index in [0.717, 1.165) is 56.5 Å². The minimum atomic E-state index is -0.488. The molecule has 0 aliphatic rings. The largest absolute Gasteiger partial charge is 0.507 e. The maximum absolute atomic E-state index is 14.4. The van der Waals surface area contributed by atoms with E-state index in [0.29, 0.717) is 42.9 Å². The number of carbonyl (C=O) groups is 2. The summed E-state index contributed by atoms with van der Waals surface area (Å²) in [6, 6.07) is 3.02. The van der Waals surface area contributed by atoms with Crippen LogP contribution in [0.1, 0.15) is 96.3 Å². The number of aliphatic hydroxyl groups excluding tert-OH is 1. The molecule has 3 aromatic rings. The van der Waals surface area contributed by atoms with Gasteiger partial charge in [-0.25, -0.2) is 0 Å². The summed E-state index contributed by atoms with van der Waals surface area (Å²) in [5, 5.41) is 34.7. The monoisotopic (exact) mass is 779 g/mol. The van der Waals surface area contributed by atoms with E-state index in [9.17, 15) is 24.6 Å². The van der Waals surface area contributed by atoms with Crippen LogP contribution in [0.15, 0.2) is 44.6 Å². The fourth-order valence-electron chi connectivity index (χ4n) is 6.22. The molecule has 0 aliphatic heterocycles. The number of ether oxygens (including phenoxy) is 2. The Morgan fingerprint density at radius 2 is 1.25 bits per heavy atom. The molecule has 13 heteroatoms. The van der Waals surface area contributed by atoms with Crippen molar-refractivity contribution < 1.29 is 33.7 Å². The zero-order valence-corrected chi connectivity index (χ0v) is 34.2. The van der Waals surface area contributed by atoms with Crippen LogP contribution in [0.2, 0.25) is 0 Å². The molecule has 0 bridgehead atoms. The maximum Gasteiger partial charge on any atom is 0.257 e. The number of rotatable bonds is 27. The topological polar surface area (TPSA) is 197 Å². The van der Waals surface area contributed by atoms with Gasteiger partial charge in [0.2, 0.25) is 5.43 Å². The van der Waals surface area contributed by atoms with E-state index in [1.54, 1.807) is 0 Å². The second-order valence-electron chi connectivity index (χ2n) is 14.5. The number of phenolic OH excluding ortho intramolecular Hbond substituents is 1. The van der Waals surface area contributed by atoms with Crippen molar-refractivity contribution in [1.82, 2.24) is 21.3 Å². The van der Waals surface area contributed by atoms with Crippen LogP contribution in [0.3, 0.4) is 0 Å². The fraction of sp³-hybridized carbons (Fsp3) is 0.558. The highest BCUT2D eigenvalue weighted by molar-refractivity contribution is 5.97. The smallest absolute Gasteiger partial charge is 0.257 e. The van der Waals surface area contributed by atoms with Crippen LogP contribution < -0.4 is 41.9 Å². The Morgan fingerprint density at radius 1 is 0.714 bits per heavy atom. The summed E-state index contributed by atoms with van der Waals surface area (Å²) in [5.74, 6) is -0.544. The number of benzene rings is 2. The predicted octanol–water partition coefficient (Wildman–Crippen LogP) is 5.04. The van der Waals surface area contributed by atoms with Crippen LogP contribution in [0.4, 0.5) is 0 Å². The number of phenols is 1. The molecular formula is C43H65N5O8. The molecular weight excluding hydrogens is 714 g/mol. The zero-order chi connectivity index (χ0) is 40.9. The standard InChI is InChI=1S/C43H65N5O8/c1-6-7-8-10-19-46-22-23-48-39(51)28-54-34-24-37-41(42(52)32(34)16-14-30(4)5)43(53)40-31(15-13-29(2)3)33(26-49)35(25-36(40)56-37)55-27-38(50)47-20-12-9-11-18-45-21-17-44/h13-14,24-25,45-46,49,52H,6-12,15-23,26-28,44H2,1-5H3,(H,47,50)(H,48,51). The first-order valence-electron chi connectivity index (χ1n) is 20.1. The van der Waals surface area contributed by atoms with Crippen LogP contribution >= 0.6 is 0 Å². The Morgan fingerprint density at radius 3 is 1.84 bits per heavy atom. The first kappa shape index (κ1) is 46.0. The van der Waals surface area contributed by atoms with E-state index in [4.69, 9.17) is 19.6 Å². The van der Waals surface area contributed by atoms with Gasteiger partial charge in [-0.05, 0) is 78.5 Å². The first-order valence-corrected chi connectivity index (χ1v) is 20.1. The van der Waals surface area contributed by atoms with Gasteiger partial charge in [-0.3, -0.25) is 14.4 Å². The highest BCUT2D eigenvalue weighted by Gasteiger charge is 2.24. The lowest BCUT2D eigenvalue weighted by Gasteiger charge is -2.18. The molecule has 2 amide bonds. The van der Waals surface area contributed by atoms with Gasteiger partial charge >= 0.3 is 0 Å². The molecule has 310 valence electrons. The Kier molecular flexibility index (Phi) is 20.5. The quantitative estimate of drug-likeness (QED) is 0.0311. The molecule has 0 saturated carbocycles. The number of aliphatic hydroxyl groups is 1. The molecule has 1 aromatic heterocycles. The molecule has 0 spiro atoms. The van der Waals surface area contributed by atoms with Crippen LogP contribution in [-0.2, 0) is 29.0 Å². The van der Waals surface area contributed by atoms with Crippen molar-refractivity contribution in [2.24, 2.45) is 5.73 Å². The summed E-state index contributed by atoms with van der Waals surface area (Å²) in [5.41, 5.74) is 8.35. The van der Waals surface area contributed by atoms with Crippen molar-refractivity contribution in [3.63, 3.8) is 0 Å². The summed E-state index contributed by atoms with van der Waals surface area (Å²) >= 11 is 0. The van der Waals surface area contributed by atoms with Crippen molar-refractivity contribution in [3.05, 3.63) is 62.3 Å². The molecule has 0 atom stereocenters. The Bertz CT molecular complexity index is 1840. The molecule has 8 N–H and O–H groups in total. The van der Waals surface area contributed by atoms with Gasteiger partial charge < -0.3 is 51.1 Å². The van der Waals surface area contributed by atoms with Gasteiger partial charge in [0.15, 0.2) is 13.2 Å². The van der Waals surface area contributed by atoms with Crippen molar-refractivity contribution >= 4 is 33.8 Å². The number of aromatic hydroxyl groups is 1. The van der Waals surface area contributed by atoms with Crippen LogP contribution in [0, 0.1) is 0 Å². The van der Waals surface area contributed by atoms with Gasteiger partial charge in [0.05, 0.1) is 12.0 Å². The summed E-state index contributed by atoms with van der Waals surface area (Å²) in [6.45, 7) is 13.5. The minimum absolute atomic E-state index is 0.0398. The molecule has 2 aromatic carbocycles. The number of fused-ring (bicyclic) bond motifs is 2. The summed E-state index contributed by atoms with van der Waals surface area (Å²) < 4.78 is 18.3. The van der Waals surface area contributed by atoms with Crippen LogP contribution in [0.25, 0.3) is 21.9 Å². The maximum atomic E-state index is 14.4. The molecule has 56 heavy (non-hydrogen) atoms. The van der Waals surface area contributed by atoms with E-state index in [2.05, 4.69) is 28.2 Å². The van der Waals surface area contributed by atoms with Crippen LogP contribution in [0.5, 0.6) is 17.2 Å². The Balaban J connectivity index is 1.93. The first-order chi connectivity index (χ1) is 27.0. The summed E-state index contributed by atoms with van der Waals surface area (Å²) in [4.78, 5) is 39.9. The minimum Gasteiger partial charge on any atom is -0.507 e. The molecule has 3 rings (SSSR count). The van der Waals surface area contributed by atoms with Crippen molar-refractivity contribution in [2.45, 2.75) is 99.0 Å². The highest BCUT2D eigenvalue weighted by Crippen LogP contribution is 2.39. The lowest BCUT2D eigenvalue weighted by Crippen LogP contribution is -2.35. The van der Waals surface area contributed by atoms with Gasteiger partial charge in [0, 0.05) is 56.0 Å². The lowest BCUT2D eigenvalue weighted by atomic mass is 9.95. The van der Waals surface area contributed by atoms with E-state index >= 15 is 0 Å². The van der Waals surface area contributed by atoms with Crippen molar-refractivity contribution in [1.29, 1.82) is 0 Å². The number of nitrogens with one attached hydrogen (secondary N) is 4. The zero-order valence-electron chi connectivity index (χ0n) is 34.2. The normalized spacial score (nSPS) is 11.1. The number of unbranched alkanes of at least 4 members (excludes halogenated alkanes) is 5. The highest BCUT2D eigenvalue weighted by atomic mass is 16.5. The number of hydrogen-bond donors (Lipinski definition) is 7. The third-order valence-corrected chi connectivity index (χ3v) is 9.28. The second-order valence-corrected chi connectivity index (χ2v) is 14.5. The van der Waals surface area contributed by atoms with E-state index in [1.165, 1.54) is 31.4 Å². The van der Waals surface area contributed by atoms with E-state index in [-0.39, 0.29) is 77.1 Å². The lowest BCUT2D eigenvalue weighted by molar-refractivity contribution is -0.123. The number of allylic oxidation sites excluding steroid dienone is 4. The molecule has 13 nitrogen and oxygen atoms in total. The van der Waals surface area contributed by atoms with E-state index in [1.807, 2.05) is 39.8 Å². The van der Waals surface area contributed by atoms with E-state index < -0.39 is 12.0 Å². The number of nitrogens with two attached hydrogens (primary N) is 1. The third kappa shape index (κ3) is 14.6. The number of amides is 2. The Labute approximate surface area is 331 Å². The van der Waals surface area contributed by atoms with Crippen molar-refractivity contribution in [3.8, 4) is 17.2 Å². The average Bonchev–Trinajstić information content (AvgIpc) is 3.16. The summed E-state index contributed by atoms with van der Waals surface area (Å²) in [7, 11) is 0. The van der Waals surface area contributed by atoms with Gasteiger partial charge in [-0.1, -0.05) is 55.9 Å². The molecule has 0 fully saturated rings. The van der Waals surface area contributed by atoms with Gasteiger partial charge in [0.1, 0.15) is 33.8 Å². The second kappa shape index (κ2) is 25.0. The van der Waals surface area contributed by atoms with Crippen LogP contribution in [-0.4, -0.2) is 81.1 Å². The molecule has 0 radical (unpaired) electrons. The van der Waals surface area contributed by atoms with Gasteiger partial charge in [0.25, 0.3) is 11.8 Å². The number of hydrogen-bond acceptors (Lipinski definition) is 11. The van der Waals surface area contributed by atoms with Crippen molar-refractivity contribution in [2.75, 3.05) is 59.0 Å². The SMILES string of the molecule is CCCCCCNCCNC(=O)COc1cc2oc3cc(OCC(=O)NCCCCCNCCN)c(CO)c(CC=C(C)C)c3c(=O)c2c(O)c1CC=C(C)C. The predicted molar refractivity (Wildman–Crippen MR) is 224 cm³/mol. The molecule has 0 unspecified atom stereocenters. The van der Waals surface area contributed by atoms with Gasteiger partial charge in [-0.2, -0.15) is 0 Å². The van der Waals surface area contributed by atoms with Gasteiger partial charge in [-0.15, -0.1) is 0 Å².